The first-order valence-corrected chi connectivity index (χ1v) is 6.67. The Morgan fingerprint density at radius 1 is 1.24 bits per heavy atom. The molecule has 0 bridgehead atoms. The zero-order chi connectivity index (χ0) is 13.1. The largest absolute Gasteiger partial charge is 0.523 e. The molecule has 0 spiro atoms. The van der Waals surface area contributed by atoms with Crippen LogP contribution < -0.4 is 0 Å². The van der Waals surface area contributed by atoms with E-state index in [-0.39, 0.29) is 12.0 Å². The minimum absolute atomic E-state index is 0.229. The van der Waals surface area contributed by atoms with Crippen LogP contribution in [-0.4, -0.2) is 33.7 Å². The molecule has 0 aromatic heterocycles. The number of methoxy groups -OCH3 is 1. The van der Waals surface area contributed by atoms with Crippen molar-refractivity contribution < 1.29 is 30.5 Å². The minimum atomic E-state index is -5.48. The Morgan fingerprint density at radius 3 is 2.35 bits per heavy atom. The number of rotatable bonds is 4. The van der Waals surface area contributed by atoms with Gasteiger partial charge >= 0.3 is 15.6 Å². The quantitative estimate of drug-likeness (QED) is 0.582. The molecule has 2 unspecified atom stereocenters. The molecule has 17 heavy (non-hydrogen) atoms. The van der Waals surface area contributed by atoms with Crippen molar-refractivity contribution in [2.45, 2.75) is 37.3 Å². The lowest BCUT2D eigenvalue weighted by atomic mass is 9.87. The van der Waals surface area contributed by atoms with Crippen LogP contribution in [0.1, 0.15) is 25.7 Å². The molecule has 2 atom stereocenters. The molecule has 0 radical (unpaired) electrons. The average molecular weight is 276 g/mol. The van der Waals surface area contributed by atoms with E-state index in [4.69, 9.17) is 4.74 Å². The molecule has 1 rings (SSSR count). The number of hydrogen-bond donors (Lipinski definition) is 0. The van der Waals surface area contributed by atoms with Gasteiger partial charge in [0.05, 0.1) is 12.7 Å². The molecule has 0 saturated heterocycles. The molecule has 1 aliphatic carbocycles. The summed E-state index contributed by atoms with van der Waals surface area (Å²) in [6.45, 7) is -0.472. The van der Waals surface area contributed by atoms with Crippen molar-refractivity contribution in [2.24, 2.45) is 5.92 Å². The predicted molar refractivity (Wildman–Crippen MR) is 53.7 cm³/mol. The van der Waals surface area contributed by atoms with E-state index in [1.165, 1.54) is 7.11 Å². The molecule has 1 fully saturated rings. The minimum Gasteiger partial charge on any atom is -0.381 e. The van der Waals surface area contributed by atoms with Crippen LogP contribution >= 0.6 is 0 Å². The van der Waals surface area contributed by atoms with Crippen molar-refractivity contribution in [1.82, 2.24) is 0 Å². The van der Waals surface area contributed by atoms with Crippen LogP contribution in [0.25, 0.3) is 0 Å². The summed E-state index contributed by atoms with van der Waals surface area (Å²) in [6, 6.07) is 0. The van der Waals surface area contributed by atoms with E-state index in [2.05, 4.69) is 4.18 Å². The van der Waals surface area contributed by atoms with Crippen molar-refractivity contribution >= 4 is 10.1 Å². The Kier molecular flexibility index (Phi) is 4.79. The Morgan fingerprint density at radius 2 is 1.82 bits per heavy atom. The number of alkyl halides is 3. The summed E-state index contributed by atoms with van der Waals surface area (Å²) in [6.07, 6.45) is 2.89. The SMILES string of the molecule is COC1CCCCC1COS(=O)(=O)C(F)(F)F. The summed E-state index contributed by atoms with van der Waals surface area (Å²) in [7, 11) is -4.02. The van der Waals surface area contributed by atoms with E-state index in [0.29, 0.717) is 6.42 Å². The monoisotopic (exact) mass is 276 g/mol. The molecule has 0 heterocycles. The lowest BCUT2D eigenvalue weighted by molar-refractivity contribution is -0.0585. The second-order valence-electron chi connectivity index (χ2n) is 4.00. The zero-order valence-corrected chi connectivity index (χ0v) is 10.2. The third kappa shape index (κ3) is 3.82. The lowest BCUT2D eigenvalue weighted by Crippen LogP contribution is -2.34. The van der Waals surface area contributed by atoms with Gasteiger partial charge in [-0.2, -0.15) is 21.6 Å². The highest BCUT2D eigenvalue weighted by molar-refractivity contribution is 7.87. The highest BCUT2D eigenvalue weighted by Gasteiger charge is 2.47. The first kappa shape index (κ1) is 14.7. The Bertz CT molecular complexity index is 339. The van der Waals surface area contributed by atoms with Gasteiger partial charge in [-0.1, -0.05) is 12.8 Å². The van der Waals surface area contributed by atoms with Gasteiger partial charge in [-0.3, -0.25) is 4.18 Å². The van der Waals surface area contributed by atoms with Crippen LogP contribution in [0.5, 0.6) is 0 Å². The maximum atomic E-state index is 12.0. The number of halogens is 3. The van der Waals surface area contributed by atoms with Crippen LogP contribution in [0.4, 0.5) is 13.2 Å². The molecule has 0 aliphatic heterocycles. The van der Waals surface area contributed by atoms with E-state index < -0.39 is 22.2 Å². The smallest absolute Gasteiger partial charge is 0.381 e. The summed E-state index contributed by atoms with van der Waals surface area (Å²) >= 11 is 0. The molecule has 1 saturated carbocycles. The first-order chi connectivity index (χ1) is 7.78. The van der Waals surface area contributed by atoms with E-state index >= 15 is 0 Å². The van der Waals surface area contributed by atoms with Crippen molar-refractivity contribution in [3.8, 4) is 0 Å². The van der Waals surface area contributed by atoms with Gasteiger partial charge in [0.2, 0.25) is 0 Å². The molecule has 1 aliphatic rings. The fourth-order valence-corrected chi connectivity index (χ4v) is 2.41. The third-order valence-corrected chi connectivity index (χ3v) is 3.88. The summed E-state index contributed by atoms with van der Waals surface area (Å²) in [5, 5.41) is 0. The molecule has 4 nitrogen and oxygen atoms in total. The maximum Gasteiger partial charge on any atom is 0.523 e. The van der Waals surface area contributed by atoms with Crippen LogP contribution in [0.3, 0.4) is 0 Å². The second kappa shape index (κ2) is 5.53. The third-order valence-electron chi connectivity index (χ3n) is 2.86. The van der Waals surface area contributed by atoms with Gasteiger partial charge in [0, 0.05) is 13.0 Å². The highest BCUT2D eigenvalue weighted by atomic mass is 32.2. The van der Waals surface area contributed by atoms with Crippen LogP contribution in [0, 0.1) is 5.92 Å². The number of hydrogen-bond acceptors (Lipinski definition) is 4. The van der Waals surface area contributed by atoms with E-state index in [1.807, 2.05) is 0 Å². The Labute approximate surface area is 98.2 Å². The van der Waals surface area contributed by atoms with Gasteiger partial charge in [0.25, 0.3) is 0 Å². The summed E-state index contributed by atoms with van der Waals surface area (Å²) in [5.74, 6) is -0.300. The molecular weight excluding hydrogens is 261 g/mol. The van der Waals surface area contributed by atoms with Gasteiger partial charge in [-0.15, -0.1) is 0 Å². The highest BCUT2D eigenvalue weighted by Crippen LogP contribution is 2.30. The molecule has 0 aromatic carbocycles. The molecular formula is C9H15F3O4S. The van der Waals surface area contributed by atoms with Gasteiger partial charge in [0.15, 0.2) is 0 Å². The molecule has 102 valence electrons. The van der Waals surface area contributed by atoms with E-state index in [1.54, 1.807) is 0 Å². The number of ether oxygens (including phenoxy) is 1. The van der Waals surface area contributed by atoms with Gasteiger partial charge < -0.3 is 4.74 Å². The topological polar surface area (TPSA) is 52.6 Å². The fraction of sp³-hybridized carbons (Fsp3) is 1.00. The fourth-order valence-electron chi connectivity index (χ4n) is 1.92. The maximum absolute atomic E-state index is 12.0. The average Bonchev–Trinajstić information content (AvgIpc) is 2.25. The summed E-state index contributed by atoms with van der Waals surface area (Å²) in [4.78, 5) is 0. The molecule has 0 amide bonds. The standard InChI is InChI=1S/C9H15F3O4S/c1-15-8-5-3-2-4-7(8)6-16-17(13,14)9(10,11)12/h7-8H,2-6H2,1H3. The lowest BCUT2D eigenvalue weighted by Gasteiger charge is -2.29. The van der Waals surface area contributed by atoms with Gasteiger partial charge in [0.1, 0.15) is 0 Å². The Balaban J connectivity index is 2.55. The summed E-state index contributed by atoms with van der Waals surface area (Å²) in [5.41, 5.74) is -5.36. The first-order valence-electron chi connectivity index (χ1n) is 5.26. The van der Waals surface area contributed by atoms with Crippen LogP contribution in [0.2, 0.25) is 0 Å². The van der Waals surface area contributed by atoms with Gasteiger partial charge in [-0.25, -0.2) is 0 Å². The van der Waals surface area contributed by atoms with Crippen molar-refractivity contribution in [2.75, 3.05) is 13.7 Å². The van der Waals surface area contributed by atoms with Crippen molar-refractivity contribution in [3.05, 3.63) is 0 Å². The van der Waals surface area contributed by atoms with E-state index in [0.717, 1.165) is 19.3 Å². The zero-order valence-electron chi connectivity index (χ0n) is 9.37. The molecule has 0 N–H and O–H groups in total. The molecule has 8 heteroatoms. The van der Waals surface area contributed by atoms with Crippen molar-refractivity contribution in [3.63, 3.8) is 0 Å². The Hall–Kier alpha value is -0.340. The predicted octanol–water partition coefficient (Wildman–Crippen LogP) is 2.06. The van der Waals surface area contributed by atoms with E-state index in [9.17, 15) is 21.6 Å². The van der Waals surface area contributed by atoms with Crippen LogP contribution in [0.15, 0.2) is 0 Å². The van der Waals surface area contributed by atoms with Crippen LogP contribution in [-0.2, 0) is 19.0 Å². The molecule has 0 aromatic rings. The summed E-state index contributed by atoms with van der Waals surface area (Å²) < 4.78 is 66.6. The van der Waals surface area contributed by atoms with Gasteiger partial charge in [-0.05, 0) is 12.8 Å². The second-order valence-corrected chi connectivity index (χ2v) is 5.61. The normalized spacial score (nSPS) is 27.1. The van der Waals surface area contributed by atoms with Crippen molar-refractivity contribution in [1.29, 1.82) is 0 Å².